The Hall–Kier alpha value is -0.570. The highest BCUT2D eigenvalue weighted by Crippen LogP contribution is 2.31. The Morgan fingerprint density at radius 1 is 1.47 bits per heavy atom. The molecule has 2 rings (SSSR count). The second kappa shape index (κ2) is 5.85. The van der Waals surface area contributed by atoms with Gasteiger partial charge in [-0.25, -0.2) is 0 Å². The van der Waals surface area contributed by atoms with E-state index in [1.807, 2.05) is 0 Å². The SMILES string of the molecule is CCc1c[nH]c(=S)n1CCC1CCCC(C)C1. The first-order chi connectivity index (χ1) is 8.20. The van der Waals surface area contributed by atoms with Crippen LogP contribution in [0.5, 0.6) is 0 Å². The third-order valence-electron chi connectivity index (χ3n) is 4.12. The predicted molar refractivity (Wildman–Crippen MR) is 74.7 cm³/mol. The van der Waals surface area contributed by atoms with Gasteiger partial charge in [0, 0.05) is 18.4 Å². The highest BCUT2D eigenvalue weighted by atomic mass is 32.1. The molecule has 1 saturated carbocycles. The van der Waals surface area contributed by atoms with Crippen molar-refractivity contribution in [3.05, 3.63) is 16.7 Å². The van der Waals surface area contributed by atoms with Crippen LogP contribution in [-0.4, -0.2) is 9.55 Å². The Morgan fingerprint density at radius 3 is 3.00 bits per heavy atom. The van der Waals surface area contributed by atoms with E-state index in [1.165, 1.54) is 37.8 Å². The number of aromatic nitrogens is 2. The van der Waals surface area contributed by atoms with Crippen molar-refractivity contribution < 1.29 is 0 Å². The lowest BCUT2D eigenvalue weighted by molar-refractivity contribution is 0.260. The first-order valence-electron chi connectivity index (χ1n) is 6.97. The van der Waals surface area contributed by atoms with E-state index in [4.69, 9.17) is 12.2 Å². The molecular weight excluding hydrogens is 228 g/mol. The average Bonchev–Trinajstić information content (AvgIpc) is 2.67. The van der Waals surface area contributed by atoms with Gasteiger partial charge in [0.25, 0.3) is 0 Å². The quantitative estimate of drug-likeness (QED) is 0.791. The summed E-state index contributed by atoms with van der Waals surface area (Å²) in [5.74, 6) is 1.85. The smallest absolute Gasteiger partial charge is 0.177 e. The van der Waals surface area contributed by atoms with Crippen LogP contribution in [0.15, 0.2) is 6.20 Å². The highest BCUT2D eigenvalue weighted by Gasteiger charge is 2.18. The van der Waals surface area contributed by atoms with E-state index in [0.29, 0.717) is 0 Å². The number of rotatable bonds is 4. The Labute approximate surface area is 109 Å². The number of hydrogen-bond donors (Lipinski definition) is 1. The largest absolute Gasteiger partial charge is 0.337 e. The molecule has 3 heteroatoms. The summed E-state index contributed by atoms with van der Waals surface area (Å²) >= 11 is 5.34. The van der Waals surface area contributed by atoms with E-state index in [9.17, 15) is 0 Å². The normalized spacial score (nSPS) is 25.1. The van der Waals surface area contributed by atoms with Gasteiger partial charge >= 0.3 is 0 Å². The number of nitrogens with one attached hydrogen (secondary N) is 1. The van der Waals surface area contributed by atoms with Crippen LogP contribution in [-0.2, 0) is 13.0 Å². The molecule has 1 fully saturated rings. The predicted octanol–water partition coefficient (Wildman–Crippen LogP) is 4.32. The lowest BCUT2D eigenvalue weighted by Crippen LogP contribution is -2.16. The van der Waals surface area contributed by atoms with Crippen LogP contribution in [0, 0.1) is 16.6 Å². The minimum atomic E-state index is 0.894. The molecule has 0 radical (unpaired) electrons. The van der Waals surface area contributed by atoms with Gasteiger partial charge in [-0.15, -0.1) is 0 Å². The number of imidazole rings is 1. The fourth-order valence-corrected chi connectivity index (χ4v) is 3.37. The summed E-state index contributed by atoms with van der Waals surface area (Å²) < 4.78 is 3.18. The van der Waals surface area contributed by atoms with Gasteiger partial charge in [0.2, 0.25) is 0 Å². The first kappa shape index (κ1) is 12.9. The van der Waals surface area contributed by atoms with Gasteiger partial charge in [-0.3, -0.25) is 0 Å². The summed E-state index contributed by atoms with van der Waals surface area (Å²) in [6, 6.07) is 0. The summed E-state index contributed by atoms with van der Waals surface area (Å²) in [7, 11) is 0. The second-order valence-electron chi connectivity index (χ2n) is 5.52. The number of aryl methyl sites for hydroxylation is 1. The number of nitrogens with zero attached hydrogens (tertiary/aromatic N) is 1. The molecule has 96 valence electrons. The summed E-state index contributed by atoms with van der Waals surface area (Å²) in [4.78, 5) is 3.16. The summed E-state index contributed by atoms with van der Waals surface area (Å²) in [6.45, 7) is 5.69. The van der Waals surface area contributed by atoms with Crippen molar-refractivity contribution in [1.82, 2.24) is 9.55 Å². The van der Waals surface area contributed by atoms with Crippen LogP contribution in [0.1, 0.15) is 51.6 Å². The fourth-order valence-electron chi connectivity index (χ4n) is 3.10. The third kappa shape index (κ3) is 3.21. The van der Waals surface area contributed by atoms with Gasteiger partial charge in [-0.2, -0.15) is 0 Å². The van der Waals surface area contributed by atoms with Gasteiger partial charge in [-0.05, 0) is 43.3 Å². The molecule has 1 aromatic rings. The lowest BCUT2D eigenvalue weighted by atomic mass is 9.81. The summed E-state index contributed by atoms with van der Waals surface area (Å²) in [6.07, 6.45) is 10.1. The monoisotopic (exact) mass is 252 g/mol. The van der Waals surface area contributed by atoms with E-state index in [-0.39, 0.29) is 0 Å². The lowest BCUT2D eigenvalue weighted by Gasteiger charge is -2.26. The molecule has 1 N–H and O–H groups in total. The number of hydrogen-bond acceptors (Lipinski definition) is 1. The molecule has 2 unspecified atom stereocenters. The van der Waals surface area contributed by atoms with Crippen LogP contribution in [0.2, 0.25) is 0 Å². The minimum Gasteiger partial charge on any atom is -0.337 e. The third-order valence-corrected chi connectivity index (χ3v) is 4.46. The topological polar surface area (TPSA) is 20.7 Å². The molecule has 0 aromatic carbocycles. The van der Waals surface area contributed by atoms with Crippen LogP contribution in [0.4, 0.5) is 0 Å². The zero-order valence-corrected chi connectivity index (χ0v) is 11.9. The van der Waals surface area contributed by atoms with Crippen LogP contribution in [0.25, 0.3) is 0 Å². The maximum absolute atomic E-state index is 5.34. The van der Waals surface area contributed by atoms with Gasteiger partial charge in [0.05, 0.1) is 0 Å². The number of H-pyrrole nitrogens is 1. The summed E-state index contributed by atoms with van der Waals surface area (Å²) in [5, 5.41) is 0. The molecule has 1 heterocycles. The molecule has 2 nitrogen and oxygen atoms in total. The van der Waals surface area contributed by atoms with Gasteiger partial charge < -0.3 is 9.55 Å². The van der Waals surface area contributed by atoms with E-state index in [0.717, 1.165) is 29.6 Å². The first-order valence-corrected chi connectivity index (χ1v) is 7.38. The maximum Gasteiger partial charge on any atom is 0.177 e. The zero-order valence-electron chi connectivity index (χ0n) is 11.0. The van der Waals surface area contributed by atoms with Crippen LogP contribution in [0.3, 0.4) is 0 Å². The zero-order chi connectivity index (χ0) is 12.3. The van der Waals surface area contributed by atoms with Crippen molar-refractivity contribution >= 4 is 12.2 Å². The Bertz CT molecular complexity index is 405. The molecule has 0 saturated heterocycles. The average molecular weight is 252 g/mol. The van der Waals surface area contributed by atoms with Crippen molar-refractivity contribution in [2.75, 3.05) is 0 Å². The standard InChI is InChI=1S/C14H24N2S/c1-3-13-10-15-14(17)16(13)8-7-12-6-4-5-11(2)9-12/h10-12H,3-9H2,1-2H3,(H,15,17). The number of aromatic amines is 1. The molecule has 17 heavy (non-hydrogen) atoms. The molecule has 2 atom stereocenters. The summed E-state index contributed by atoms with van der Waals surface area (Å²) in [5.41, 5.74) is 1.35. The van der Waals surface area contributed by atoms with Crippen molar-refractivity contribution in [2.45, 2.75) is 58.9 Å². The molecular formula is C14H24N2S. The molecule has 1 aliphatic rings. The van der Waals surface area contributed by atoms with E-state index in [2.05, 4.69) is 29.6 Å². The Balaban J connectivity index is 1.92. The van der Waals surface area contributed by atoms with E-state index in [1.54, 1.807) is 0 Å². The molecule has 1 aromatic heterocycles. The van der Waals surface area contributed by atoms with Gasteiger partial charge in [0.1, 0.15) is 0 Å². The highest BCUT2D eigenvalue weighted by molar-refractivity contribution is 7.71. The van der Waals surface area contributed by atoms with Crippen molar-refractivity contribution in [1.29, 1.82) is 0 Å². The second-order valence-corrected chi connectivity index (χ2v) is 5.90. The van der Waals surface area contributed by atoms with Gasteiger partial charge in [-0.1, -0.05) is 33.1 Å². The van der Waals surface area contributed by atoms with Crippen molar-refractivity contribution in [2.24, 2.45) is 11.8 Å². The molecule has 0 bridgehead atoms. The molecule has 0 amide bonds. The van der Waals surface area contributed by atoms with Gasteiger partial charge in [0.15, 0.2) is 4.77 Å². The van der Waals surface area contributed by atoms with Crippen molar-refractivity contribution in [3.63, 3.8) is 0 Å². The minimum absolute atomic E-state index is 0.894. The maximum atomic E-state index is 5.34. The van der Waals surface area contributed by atoms with E-state index < -0.39 is 0 Å². The van der Waals surface area contributed by atoms with Crippen molar-refractivity contribution in [3.8, 4) is 0 Å². The van der Waals surface area contributed by atoms with E-state index >= 15 is 0 Å². The molecule has 0 spiro atoms. The Morgan fingerprint density at radius 2 is 2.29 bits per heavy atom. The van der Waals surface area contributed by atoms with Crippen LogP contribution >= 0.6 is 12.2 Å². The molecule has 0 aliphatic heterocycles. The Kier molecular flexibility index (Phi) is 4.43. The fraction of sp³-hybridized carbons (Fsp3) is 0.786. The molecule has 1 aliphatic carbocycles. The van der Waals surface area contributed by atoms with Crippen LogP contribution < -0.4 is 0 Å².